The molecule has 8 heteroatoms. The van der Waals surface area contributed by atoms with E-state index in [9.17, 15) is 9.59 Å². The topological polar surface area (TPSA) is 79.6 Å². The zero-order chi connectivity index (χ0) is 18.9. The molecule has 0 N–H and O–H groups in total. The van der Waals surface area contributed by atoms with Gasteiger partial charge in [-0.05, 0) is 24.6 Å². The molecule has 0 bridgehead atoms. The minimum absolute atomic E-state index is 0.236. The number of carbonyl (C=O) groups is 2. The molecule has 2 rings (SSSR count). The molecule has 0 spiro atoms. The number of esters is 1. The normalized spacial score (nSPS) is 15.1. The Kier molecular flexibility index (Phi) is 8.13. The largest absolute Gasteiger partial charge is 0.482 e. The first-order chi connectivity index (χ1) is 12.5. The smallest absolute Gasteiger partial charge is 0.344 e. The van der Waals surface area contributed by atoms with Crippen LogP contribution in [0.25, 0.3) is 0 Å². The van der Waals surface area contributed by atoms with Gasteiger partial charge >= 0.3 is 5.97 Å². The lowest BCUT2D eigenvalue weighted by molar-refractivity contribution is -0.160. The Bertz CT molecular complexity index is 654. The van der Waals surface area contributed by atoms with E-state index in [-0.39, 0.29) is 18.9 Å². The molecule has 1 heterocycles. The molecule has 1 aromatic carbocycles. The molecule has 6 nitrogen and oxygen atoms in total. The molecule has 0 aliphatic carbocycles. The van der Waals surface area contributed by atoms with E-state index < -0.39 is 12.1 Å². The van der Waals surface area contributed by atoms with Gasteiger partial charge in [0.25, 0.3) is 5.91 Å². The first-order valence-electron chi connectivity index (χ1n) is 8.28. The van der Waals surface area contributed by atoms with Crippen molar-refractivity contribution in [1.82, 2.24) is 4.90 Å². The van der Waals surface area contributed by atoms with Gasteiger partial charge < -0.3 is 14.4 Å². The number of likely N-dealkylation sites (N-methyl/N-ethyl adjacent to an activating group) is 1. The average molecular weight is 395 g/mol. The Labute approximate surface area is 162 Å². The molecule has 1 aliphatic rings. The molecule has 1 saturated heterocycles. The lowest BCUT2D eigenvalue weighted by Gasteiger charge is -2.20. The standard InChI is InChI=1S/C18H22N2O4S2/c1-13(17(22)20(2)9-3-8-19)24-16(21)12-23-15-6-4-14(5-7-15)18-25-10-11-26-18/h4-7,13,18H,3,9-12H2,1-2H3/t13-/m1/s1. The van der Waals surface area contributed by atoms with Crippen molar-refractivity contribution in [3.63, 3.8) is 0 Å². The van der Waals surface area contributed by atoms with E-state index in [4.69, 9.17) is 14.7 Å². The maximum absolute atomic E-state index is 12.0. The van der Waals surface area contributed by atoms with Gasteiger partial charge in [0.05, 0.1) is 17.1 Å². The number of nitriles is 1. The summed E-state index contributed by atoms with van der Waals surface area (Å²) in [5.41, 5.74) is 1.24. The van der Waals surface area contributed by atoms with Crippen molar-refractivity contribution >= 4 is 35.4 Å². The van der Waals surface area contributed by atoms with E-state index in [1.54, 1.807) is 7.05 Å². The van der Waals surface area contributed by atoms with Crippen LogP contribution in [0.4, 0.5) is 0 Å². The molecule has 1 fully saturated rings. The zero-order valence-corrected chi connectivity index (χ0v) is 16.5. The fourth-order valence-corrected chi connectivity index (χ4v) is 5.19. The summed E-state index contributed by atoms with van der Waals surface area (Å²) < 4.78 is 11.0. The third kappa shape index (κ3) is 6.15. The van der Waals surface area contributed by atoms with Crippen LogP contribution in [0, 0.1) is 11.3 Å². The molecule has 1 aromatic rings. The van der Waals surface area contributed by atoms with Crippen LogP contribution >= 0.6 is 23.5 Å². The van der Waals surface area contributed by atoms with Crippen molar-refractivity contribution < 1.29 is 19.1 Å². The van der Waals surface area contributed by atoms with Crippen LogP contribution in [0.3, 0.4) is 0 Å². The number of amides is 1. The minimum Gasteiger partial charge on any atom is -0.482 e. The van der Waals surface area contributed by atoms with Gasteiger partial charge in [0.1, 0.15) is 5.75 Å². The van der Waals surface area contributed by atoms with Gasteiger partial charge in [0.15, 0.2) is 12.7 Å². The Morgan fingerprint density at radius 3 is 2.58 bits per heavy atom. The van der Waals surface area contributed by atoms with E-state index in [0.717, 1.165) is 0 Å². The highest BCUT2D eigenvalue weighted by molar-refractivity contribution is 8.19. The summed E-state index contributed by atoms with van der Waals surface area (Å²) in [6, 6.07) is 9.66. The molecule has 0 unspecified atom stereocenters. The summed E-state index contributed by atoms with van der Waals surface area (Å²) in [5, 5.41) is 8.55. The number of thioether (sulfide) groups is 2. The van der Waals surface area contributed by atoms with Crippen molar-refractivity contribution in [2.45, 2.75) is 24.0 Å². The molecule has 1 amide bonds. The van der Waals surface area contributed by atoms with Gasteiger partial charge in [-0.15, -0.1) is 23.5 Å². The first-order valence-corrected chi connectivity index (χ1v) is 10.4. The van der Waals surface area contributed by atoms with E-state index in [0.29, 0.717) is 16.9 Å². The zero-order valence-electron chi connectivity index (χ0n) is 14.8. The van der Waals surface area contributed by atoms with Crippen LogP contribution in [-0.4, -0.2) is 54.6 Å². The molecular formula is C18H22N2O4S2. The summed E-state index contributed by atoms with van der Waals surface area (Å²) in [7, 11) is 1.57. The SMILES string of the molecule is C[C@@H](OC(=O)COc1ccc(C2SCCS2)cc1)C(=O)N(C)CCC#N. The molecule has 0 radical (unpaired) electrons. The quantitative estimate of drug-likeness (QED) is 0.627. The van der Waals surface area contributed by atoms with Crippen LogP contribution in [0.5, 0.6) is 5.75 Å². The average Bonchev–Trinajstić information content (AvgIpc) is 3.18. The lowest BCUT2D eigenvalue weighted by atomic mass is 10.2. The van der Waals surface area contributed by atoms with Crippen molar-refractivity contribution in [3.05, 3.63) is 29.8 Å². The highest BCUT2D eigenvalue weighted by Crippen LogP contribution is 2.45. The summed E-state index contributed by atoms with van der Waals surface area (Å²) in [5.74, 6) is 1.98. The predicted molar refractivity (Wildman–Crippen MR) is 103 cm³/mol. The van der Waals surface area contributed by atoms with Crippen molar-refractivity contribution in [1.29, 1.82) is 5.26 Å². The summed E-state index contributed by atoms with van der Waals surface area (Å²) in [4.78, 5) is 25.3. The summed E-state index contributed by atoms with van der Waals surface area (Å²) in [6.07, 6.45) is -0.673. The second-order valence-electron chi connectivity index (χ2n) is 5.73. The number of hydrogen-bond acceptors (Lipinski definition) is 7. The molecule has 1 aliphatic heterocycles. The molecule has 26 heavy (non-hydrogen) atoms. The second-order valence-corrected chi connectivity index (χ2v) is 8.46. The Balaban J connectivity index is 1.75. The van der Waals surface area contributed by atoms with E-state index in [1.165, 1.54) is 28.9 Å². The molecule has 0 saturated carbocycles. The maximum Gasteiger partial charge on any atom is 0.344 e. The van der Waals surface area contributed by atoms with Crippen LogP contribution in [0.15, 0.2) is 24.3 Å². The molecule has 1 atom stereocenters. The van der Waals surface area contributed by atoms with Crippen molar-refractivity contribution in [2.75, 3.05) is 31.7 Å². The third-order valence-electron chi connectivity index (χ3n) is 3.72. The van der Waals surface area contributed by atoms with Crippen LogP contribution in [0.2, 0.25) is 0 Å². The number of ether oxygens (including phenoxy) is 2. The van der Waals surface area contributed by atoms with Gasteiger partial charge in [-0.25, -0.2) is 4.79 Å². The van der Waals surface area contributed by atoms with Crippen LogP contribution < -0.4 is 4.74 Å². The van der Waals surface area contributed by atoms with E-state index in [2.05, 4.69) is 0 Å². The van der Waals surface area contributed by atoms with E-state index >= 15 is 0 Å². The number of hydrogen-bond donors (Lipinski definition) is 0. The minimum atomic E-state index is -0.909. The second kappa shape index (κ2) is 10.3. The van der Waals surface area contributed by atoms with Crippen LogP contribution in [-0.2, 0) is 14.3 Å². The monoisotopic (exact) mass is 394 g/mol. The Hall–Kier alpha value is -1.85. The van der Waals surface area contributed by atoms with Gasteiger partial charge in [-0.3, -0.25) is 4.79 Å². The highest BCUT2D eigenvalue weighted by atomic mass is 32.2. The third-order valence-corrected chi connectivity index (χ3v) is 6.83. The Morgan fingerprint density at radius 1 is 1.31 bits per heavy atom. The first kappa shape index (κ1) is 20.5. The molecule has 140 valence electrons. The van der Waals surface area contributed by atoms with Gasteiger partial charge in [0.2, 0.25) is 0 Å². The lowest BCUT2D eigenvalue weighted by Crippen LogP contribution is -2.38. The summed E-state index contributed by atoms with van der Waals surface area (Å²) >= 11 is 3.86. The number of benzene rings is 1. The summed E-state index contributed by atoms with van der Waals surface area (Å²) in [6.45, 7) is 1.55. The fourth-order valence-electron chi connectivity index (χ4n) is 2.33. The number of rotatable bonds is 8. The highest BCUT2D eigenvalue weighted by Gasteiger charge is 2.22. The van der Waals surface area contributed by atoms with Gasteiger partial charge in [-0.2, -0.15) is 5.26 Å². The maximum atomic E-state index is 12.0. The predicted octanol–water partition coefficient (Wildman–Crippen LogP) is 2.85. The molecule has 0 aromatic heterocycles. The van der Waals surface area contributed by atoms with Gasteiger partial charge in [0, 0.05) is 25.1 Å². The molecular weight excluding hydrogens is 372 g/mol. The van der Waals surface area contributed by atoms with Crippen molar-refractivity contribution in [3.8, 4) is 11.8 Å². The van der Waals surface area contributed by atoms with Crippen LogP contribution in [0.1, 0.15) is 23.5 Å². The van der Waals surface area contributed by atoms with Gasteiger partial charge in [-0.1, -0.05) is 12.1 Å². The fraction of sp³-hybridized carbons (Fsp3) is 0.500. The van der Waals surface area contributed by atoms with E-state index in [1.807, 2.05) is 53.9 Å². The van der Waals surface area contributed by atoms with Crippen molar-refractivity contribution in [2.24, 2.45) is 0 Å². The number of carbonyl (C=O) groups excluding carboxylic acids is 2. The number of nitrogens with zero attached hydrogens (tertiary/aromatic N) is 2. The Morgan fingerprint density at radius 2 is 1.96 bits per heavy atom.